The Balaban J connectivity index is 2.19. The lowest BCUT2D eigenvalue weighted by Crippen LogP contribution is -2.15. The summed E-state index contributed by atoms with van der Waals surface area (Å²) in [5.74, 6) is 0.926. The first-order chi connectivity index (χ1) is 10.0. The third-order valence-corrected chi connectivity index (χ3v) is 3.37. The van der Waals surface area contributed by atoms with E-state index in [0.717, 1.165) is 11.4 Å². The molecule has 5 nitrogen and oxygen atoms in total. The predicted octanol–water partition coefficient (Wildman–Crippen LogP) is 2.86. The summed E-state index contributed by atoms with van der Waals surface area (Å²) in [6.07, 6.45) is 1.50. The number of aromatic nitrogens is 3. The average molecular weight is 292 g/mol. The predicted molar refractivity (Wildman–Crippen MR) is 78.6 cm³/mol. The molecule has 0 spiro atoms. The van der Waals surface area contributed by atoms with Gasteiger partial charge in [0, 0.05) is 23.7 Å². The van der Waals surface area contributed by atoms with Gasteiger partial charge in [-0.1, -0.05) is 6.07 Å². The number of hydrogen-bond donors (Lipinski definition) is 1. The standard InChI is InChI=1S/C15H21FN4O/c1-10(2)20-15(18-9-19-20)8-21-14-7-12(16)5-6-13(14)11(3)17-4/h5-7,9-11,17H,8H2,1-4H3. The first-order valence-electron chi connectivity index (χ1n) is 7.00. The molecule has 1 heterocycles. The molecule has 2 aromatic rings. The van der Waals surface area contributed by atoms with E-state index in [1.54, 1.807) is 10.7 Å². The Morgan fingerprint density at radius 2 is 2.10 bits per heavy atom. The topological polar surface area (TPSA) is 52.0 Å². The second-order valence-electron chi connectivity index (χ2n) is 5.20. The Bertz CT molecular complexity index is 597. The van der Waals surface area contributed by atoms with E-state index in [1.165, 1.54) is 18.5 Å². The van der Waals surface area contributed by atoms with Gasteiger partial charge in [0.1, 0.15) is 24.5 Å². The van der Waals surface area contributed by atoms with Gasteiger partial charge in [0.2, 0.25) is 0 Å². The van der Waals surface area contributed by atoms with Crippen molar-refractivity contribution >= 4 is 0 Å². The first-order valence-corrected chi connectivity index (χ1v) is 7.00. The lowest BCUT2D eigenvalue weighted by Gasteiger charge is -2.17. The summed E-state index contributed by atoms with van der Waals surface area (Å²) in [5, 5.41) is 7.29. The smallest absolute Gasteiger partial charge is 0.165 e. The second-order valence-corrected chi connectivity index (χ2v) is 5.20. The van der Waals surface area contributed by atoms with Gasteiger partial charge in [-0.15, -0.1) is 0 Å². The molecule has 0 amide bonds. The molecule has 0 aliphatic rings. The summed E-state index contributed by atoms with van der Waals surface area (Å²) in [4.78, 5) is 4.19. The number of nitrogens with one attached hydrogen (secondary N) is 1. The number of ether oxygens (including phenoxy) is 1. The molecule has 0 aliphatic carbocycles. The zero-order valence-electron chi connectivity index (χ0n) is 12.8. The average Bonchev–Trinajstić information content (AvgIpc) is 2.93. The van der Waals surface area contributed by atoms with E-state index in [9.17, 15) is 4.39 Å². The Morgan fingerprint density at radius 1 is 1.33 bits per heavy atom. The molecule has 1 N–H and O–H groups in total. The molecular formula is C15H21FN4O. The van der Waals surface area contributed by atoms with E-state index in [2.05, 4.69) is 15.4 Å². The van der Waals surface area contributed by atoms with Crippen molar-refractivity contribution in [2.24, 2.45) is 0 Å². The molecule has 0 saturated heterocycles. The van der Waals surface area contributed by atoms with Crippen LogP contribution in [0, 0.1) is 5.82 Å². The Kier molecular flexibility index (Phi) is 4.90. The van der Waals surface area contributed by atoms with Crippen molar-refractivity contribution in [3.05, 3.63) is 41.7 Å². The van der Waals surface area contributed by atoms with E-state index in [1.807, 2.05) is 27.8 Å². The van der Waals surface area contributed by atoms with Gasteiger partial charge >= 0.3 is 0 Å². The summed E-state index contributed by atoms with van der Waals surface area (Å²) in [6.45, 7) is 6.30. The number of nitrogens with zero attached hydrogens (tertiary/aromatic N) is 3. The minimum atomic E-state index is -0.317. The molecule has 1 aromatic carbocycles. The zero-order chi connectivity index (χ0) is 15.4. The molecule has 0 aliphatic heterocycles. The van der Waals surface area contributed by atoms with Crippen LogP contribution in [0.2, 0.25) is 0 Å². The molecule has 2 rings (SSSR count). The molecule has 21 heavy (non-hydrogen) atoms. The quantitative estimate of drug-likeness (QED) is 0.889. The highest BCUT2D eigenvalue weighted by atomic mass is 19.1. The van der Waals surface area contributed by atoms with Crippen molar-refractivity contribution in [1.82, 2.24) is 20.1 Å². The normalized spacial score (nSPS) is 12.7. The molecule has 6 heteroatoms. The van der Waals surface area contributed by atoms with Crippen LogP contribution in [0.1, 0.15) is 44.2 Å². The molecule has 0 bridgehead atoms. The zero-order valence-corrected chi connectivity index (χ0v) is 12.8. The summed E-state index contributed by atoms with van der Waals surface area (Å²) < 4.78 is 21.0. The fraction of sp³-hybridized carbons (Fsp3) is 0.467. The lowest BCUT2D eigenvalue weighted by atomic mass is 10.1. The van der Waals surface area contributed by atoms with Crippen molar-refractivity contribution in [1.29, 1.82) is 0 Å². The van der Waals surface area contributed by atoms with Gasteiger partial charge in [-0.05, 0) is 33.9 Å². The molecule has 1 atom stereocenters. The van der Waals surface area contributed by atoms with Crippen molar-refractivity contribution in [2.45, 2.75) is 39.5 Å². The maximum Gasteiger partial charge on any atom is 0.165 e. The molecule has 1 aromatic heterocycles. The van der Waals surface area contributed by atoms with Crippen LogP contribution in [0.15, 0.2) is 24.5 Å². The van der Waals surface area contributed by atoms with Crippen LogP contribution < -0.4 is 10.1 Å². The van der Waals surface area contributed by atoms with Crippen LogP contribution in [-0.4, -0.2) is 21.8 Å². The maximum atomic E-state index is 13.5. The molecule has 0 fully saturated rings. The van der Waals surface area contributed by atoms with Crippen LogP contribution in [-0.2, 0) is 6.61 Å². The third kappa shape index (κ3) is 3.58. The SMILES string of the molecule is CNC(C)c1ccc(F)cc1OCc1ncnn1C(C)C. The number of hydrogen-bond acceptors (Lipinski definition) is 4. The minimum absolute atomic E-state index is 0.0727. The lowest BCUT2D eigenvalue weighted by molar-refractivity contribution is 0.276. The molecular weight excluding hydrogens is 271 g/mol. The van der Waals surface area contributed by atoms with Gasteiger partial charge in [0.05, 0.1) is 0 Å². The second kappa shape index (κ2) is 6.67. The van der Waals surface area contributed by atoms with Gasteiger partial charge in [0.25, 0.3) is 0 Å². The van der Waals surface area contributed by atoms with E-state index in [4.69, 9.17) is 4.74 Å². The van der Waals surface area contributed by atoms with Crippen molar-refractivity contribution < 1.29 is 9.13 Å². The summed E-state index contributed by atoms with van der Waals surface area (Å²) in [7, 11) is 1.85. The van der Waals surface area contributed by atoms with Crippen LogP contribution >= 0.6 is 0 Å². The molecule has 114 valence electrons. The Labute approximate surface area is 124 Å². The van der Waals surface area contributed by atoms with Gasteiger partial charge in [0.15, 0.2) is 5.82 Å². The third-order valence-electron chi connectivity index (χ3n) is 3.37. The Hall–Kier alpha value is -1.95. The number of halogens is 1. The molecule has 0 radical (unpaired) electrons. The van der Waals surface area contributed by atoms with Gasteiger partial charge < -0.3 is 10.1 Å². The largest absolute Gasteiger partial charge is 0.485 e. The van der Waals surface area contributed by atoms with Crippen molar-refractivity contribution in [3.8, 4) is 5.75 Å². The molecule has 1 unspecified atom stereocenters. The van der Waals surface area contributed by atoms with Crippen molar-refractivity contribution in [2.75, 3.05) is 7.05 Å². The fourth-order valence-electron chi connectivity index (χ4n) is 2.10. The number of benzene rings is 1. The monoisotopic (exact) mass is 292 g/mol. The van der Waals surface area contributed by atoms with E-state index in [0.29, 0.717) is 5.75 Å². The van der Waals surface area contributed by atoms with Crippen LogP contribution in [0.4, 0.5) is 4.39 Å². The summed E-state index contributed by atoms with van der Waals surface area (Å²) in [6, 6.07) is 4.85. The Morgan fingerprint density at radius 3 is 2.76 bits per heavy atom. The minimum Gasteiger partial charge on any atom is -0.485 e. The van der Waals surface area contributed by atoms with Crippen LogP contribution in [0.3, 0.4) is 0 Å². The fourth-order valence-corrected chi connectivity index (χ4v) is 2.10. The van der Waals surface area contributed by atoms with Crippen LogP contribution in [0.25, 0.3) is 0 Å². The number of rotatable bonds is 6. The summed E-state index contributed by atoms with van der Waals surface area (Å²) in [5.41, 5.74) is 0.912. The van der Waals surface area contributed by atoms with Gasteiger partial charge in [-0.2, -0.15) is 5.10 Å². The molecule has 0 saturated carbocycles. The highest BCUT2D eigenvalue weighted by Crippen LogP contribution is 2.26. The van der Waals surface area contributed by atoms with E-state index in [-0.39, 0.29) is 24.5 Å². The van der Waals surface area contributed by atoms with Crippen LogP contribution in [0.5, 0.6) is 5.75 Å². The van der Waals surface area contributed by atoms with Gasteiger partial charge in [-0.3, -0.25) is 0 Å². The highest BCUT2D eigenvalue weighted by molar-refractivity contribution is 5.36. The highest BCUT2D eigenvalue weighted by Gasteiger charge is 2.13. The first kappa shape index (κ1) is 15.4. The van der Waals surface area contributed by atoms with E-state index < -0.39 is 0 Å². The van der Waals surface area contributed by atoms with Gasteiger partial charge in [-0.25, -0.2) is 14.1 Å². The van der Waals surface area contributed by atoms with E-state index >= 15 is 0 Å². The summed E-state index contributed by atoms with van der Waals surface area (Å²) >= 11 is 0. The van der Waals surface area contributed by atoms with Crippen molar-refractivity contribution in [3.63, 3.8) is 0 Å². The maximum absolute atomic E-state index is 13.5.